The molecule has 2 N–H and O–H groups in total. The van der Waals surface area contributed by atoms with Crippen LogP contribution in [0.15, 0.2) is 41.5 Å². The number of guanidine groups is 1. The third kappa shape index (κ3) is 6.40. The Morgan fingerprint density at radius 1 is 1.29 bits per heavy atom. The molecular weight excluding hydrogens is 481 g/mol. The van der Waals surface area contributed by atoms with Crippen LogP contribution in [0.25, 0.3) is 5.69 Å². The Bertz CT molecular complexity index is 753. The van der Waals surface area contributed by atoms with E-state index in [9.17, 15) is 0 Å². The molecule has 1 unspecified atom stereocenters. The molecule has 7 heteroatoms. The quantitative estimate of drug-likeness (QED) is 0.253. The lowest BCUT2D eigenvalue weighted by Crippen LogP contribution is -2.43. The van der Waals surface area contributed by atoms with Crippen molar-refractivity contribution in [3.05, 3.63) is 47.8 Å². The summed E-state index contributed by atoms with van der Waals surface area (Å²) < 4.78 is 2.32. The fourth-order valence-electron chi connectivity index (χ4n) is 3.41. The summed E-state index contributed by atoms with van der Waals surface area (Å²) in [5.74, 6) is 2.18. The van der Waals surface area contributed by atoms with Crippen molar-refractivity contribution >= 4 is 41.7 Å². The Morgan fingerprint density at radius 3 is 2.75 bits per heavy atom. The van der Waals surface area contributed by atoms with E-state index in [1.54, 1.807) is 0 Å². The van der Waals surface area contributed by atoms with Crippen molar-refractivity contribution in [2.24, 2.45) is 4.99 Å². The fourth-order valence-corrected chi connectivity index (χ4v) is 4.65. The van der Waals surface area contributed by atoms with Gasteiger partial charge in [-0.05, 0) is 63.0 Å². The number of aryl methyl sites for hydroxylation is 2. The Morgan fingerprint density at radius 2 is 2.07 bits per heavy atom. The Labute approximate surface area is 190 Å². The first-order chi connectivity index (χ1) is 13.1. The van der Waals surface area contributed by atoms with Gasteiger partial charge < -0.3 is 10.6 Å². The van der Waals surface area contributed by atoms with Crippen LogP contribution in [0.1, 0.15) is 37.4 Å². The van der Waals surface area contributed by atoms with Crippen molar-refractivity contribution in [2.45, 2.75) is 44.3 Å². The SMILES string of the molecule is CN=C(NCCCc1cn(-c2ccccc2)nc1C)NCC1(C)CCCS1.I. The van der Waals surface area contributed by atoms with Crippen LogP contribution in [-0.4, -0.2) is 46.4 Å². The Balaban J connectivity index is 0.00000280. The minimum Gasteiger partial charge on any atom is -0.356 e. The summed E-state index contributed by atoms with van der Waals surface area (Å²) in [5.41, 5.74) is 3.51. The number of hydrogen-bond donors (Lipinski definition) is 2. The highest BCUT2D eigenvalue weighted by Crippen LogP contribution is 2.36. The van der Waals surface area contributed by atoms with Crippen molar-refractivity contribution in [2.75, 3.05) is 25.9 Å². The summed E-state index contributed by atoms with van der Waals surface area (Å²) in [6.45, 7) is 6.31. The third-order valence-electron chi connectivity index (χ3n) is 5.09. The summed E-state index contributed by atoms with van der Waals surface area (Å²) >= 11 is 2.07. The highest BCUT2D eigenvalue weighted by Gasteiger charge is 2.29. The van der Waals surface area contributed by atoms with E-state index >= 15 is 0 Å². The summed E-state index contributed by atoms with van der Waals surface area (Å²) in [4.78, 5) is 4.35. The van der Waals surface area contributed by atoms with Gasteiger partial charge in [-0.2, -0.15) is 16.9 Å². The highest BCUT2D eigenvalue weighted by atomic mass is 127. The van der Waals surface area contributed by atoms with Crippen LogP contribution in [0.5, 0.6) is 0 Å². The average molecular weight is 513 g/mol. The molecule has 2 heterocycles. The fraction of sp³-hybridized carbons (Fsp3) is 0.524. The molecule has 1 atom stereocenters. The van der Waals surface area contributed by atoms with Gasteiger partial charge in [-0.15, -0.1) is 24.0 Å². The van der Waals surface area contributed by atoms with Crippen molar-refractivity contribution < 1.29 is 0 Å². The zero-order chi connectivity index (χ0) is 19.1. The first-order valence-corrected chi connectivity index (χ1v) is 10.8. The number of hydrogen-bond acceptors (Lipinski definition) is 3. The Hall–Kier alpha value is -1.22. The van der Waals surface area contributed by atoms with Crippen LogP contribution in [0.4, 0.5) is 0 Å². The van der Waals surface area contributed by atoms with E-state index in [1.807, 2.05) is 29.9 Å². The number of benzene rings is 1. The zero-order valence-electron chi connectivity index (χ0n) is 17.1. The number of para-hydroxylation sites is 1. The third-order valence-corrected chi connectivity index (χ3v) is 6.63. The molecule has 154 valence electrons. The van der Waals surface area contributed by atoms with Crippen LogP contribution in [0, 0.1) is 6.92 Å². The maximum Gasteiger partial charge on any atom is 0.191 e. The van der Waals surface area contributed by atoms with Crippen LogP contribution < -0.4 is 10.6 Å². The summed E-state index contributed by atoms with van der Waals surface area (Å²) in [5, 5.41) is 11.6. The number of nitrogens with one attached hydrogen (secondary N) is 2. The standard InChI is InChI=1S/C21H31N5S.HI/c1-17-18(15-26(25-17)19-10-5-4-6-11-19)9-7-13-23-20(22-3)24-16-21(2)12-8-14-27-21;/h4-6,10-11,15H,7-9,12-14,16H2,1-3H3,(H2,22,23,24);1H. The van der Waals surface area contributed by atoms with Gasteiger partial charge in [0, 0.05) is 31.1 Å². The number of thioether (sulfide) groups is 1. The van der Waals surface area contributed by atoms with Crippen molar-refractivity contribution in [3.63, 3.8) is 0 Å². The van der Waals surface area contributed by atoms with Gasteiger partial charge >= 0.3 is 0 Å². The van der Waals surface area contributed by atoms with Gasteiger partial charge in [0.2, 0.25) is 0 Å². The zero-order valence-corrected chi connectivity index (χ0v) is 20.2. The molecule has 0 saturated carbocycles. The molecule has 1 saturated heterocycles. The number of nitrogens with zero attached hydrogens (tertiary/aromatic N) is 3. The first kappa shape index (κ1) is 23.1. The van der Waals surface area contributed by atoms with Crippen LogP contribution in [0.2, 0.25) is 0 Å². The van der Waals surface area contributed by atoms with Gasteiger partial charge in [-0.1, -0.05) is 18.2 Å². The summed E-state index contributed by atoms with van der Waals surface area (Å²) in [6, 6.07) is 10.3. The topological polar surface area (TPSA) is 54.2 Å². The van der Waals surface area contributed by atoms with Crippen LogP contribution in [0.3, 0.4) is 0 Å². The van der Waals surface area contributed by atoms with Gasteiger partial charge in [0.25, 0.3) is 0 Å². The van der Waals surface area contributed by atoms with Crippen LogP contribution >= 0.6 is 35.7 Å². The molecule has 0 bridgehead atoms. The van der Waals surface area contributed by atoms with E-state index in [1.165, 1.54) is 24.2 Å². The number of halogens is 1. The maximum atomic E-state index is 4.65. The van der Waals surface area contributed by atoms with Gasteiger partial charge in [0.1, 0.15) is 0 Å². The van der Waals surface area contributed by atoms with Crippen molar-refractivity contribution in [3.8, 4) is 5.69 Å². The molecule has 0 aliphatic carbocycles. The lowest BCUT2D eigenvalue weighted by Gasteiger charge is -2.24. The predicted octanol–water partition coefficient (Wildman–Crippen LogP) is 4.18. The molecule has 0 radical (unpaired) electrons. The first-order valence-electron chi connectivity index (χ1n) is 9.79. The largest absolute Gasteiger partial charge is 0.356 e. The summed E-state index contributed by atoms with van der Waals surface area (Å²) in [6.07, 6.45) is 6.82. The van der Waals surface area contributed by atoms with Gasteiger partial charge in [-0.3, -0.25) is 4.99 Å². The monoisotopic (exact) mass is 513 g/mol. The molecular formula is C21H32IN5S. The van der Waals surface area contributed by atoms with Crippen molar-refractivity contribution in [1.29, 1.82) is 0 Å². The molecule has 1 aromatic heterocycles. The lowest BCUT2D eigenvalue weighted by molar-refractivity contribution is 0.583. The molecule has 1 aromatic carbocycles. The number of rotatable bonds is 7. The molecule has 3 rings (SSSR count). The molecule has 1 aliphatic heterocycles. The summed E-state index contributed by atoms with van der Waals surface area (Å²) in [7, 11) is 1.84. The second-order valence-corrected chi connectivity index (χ2v) is 9.06. The molecule has 0 spiro atoms. The second-order valence-electron chi connectivity index (χ2n) is 7.38. The van der Waals surface area contributed by atoms with Gasteiger partial charge in [0.15, 0.2) is 5.96 Å². The molecule has 1 aliphatic rings. The molecule has 5 nitrogen and oxygen atoms in total. The van der Waals surface area contributed by atoms with E-state index < -0.39 is 0 Å². The predicted molar refractivity (Wildman–Crippen MR) is 131 cm³/mol. The molecule has 2 aromatic rings. The van der Waals surface area contributed by atoms with Crippen LogP contribution in [-0.2, 0) is 6.42 Å². The normalized spacial score (nSPS) is 19.3. The second kappa shape index (κ2) is 11.1. The highest BCUT2D eigenvalue weighted by molar-refractivity contribution is 14.0. The Kier molecular flexibility index (Phi) is 9.14. The van der Waals surface area contributed by atoms with Crippen molar-refractivity contribution in [1.82, 2.24) is 20.4 Å². The molecule has 1 fully saturated rings. The van der Waals surface area contributed by atoms with E-state index in [4.69, 9.17) is 0 Å². The van der Waals surface area contributed by atoms with E-state index in [-0.39, 0.29) is 24.0 Å². The molecule has 28 heavy (non-hydrogen) atoms. The number of aromatic nitrogens is 2. The molecule has 0 amide bonds. The number of aliphatic imine (C=N–C) groups is 1. The van der Waals surface area contributed by atoms with E-state index in [2.05, 4.69) is 64.7 Å². The maximum absolute atomic E-state index is 4.65. The minimum atomic E-state index is 0. The van der Waals surface area contributed by atoms with Gasteiger partial charge in [0.05, 0.1) is 11.4 Å². The average Bonchev–Trinajstić information content (AvgIpc) is 3.28. The minimum absolute atomic E-state index is 0. The van der Waals surface area contributed by atoms with E-state index in [0.717, 1.165) is 43.3 Å². The van der Waals surface area contributed by atoms with Gasteiger partial charge in [-0.25, -0.2) is 4.68 Å². The van der Waals surface area contributed by atoms with E-state index in [0.29, 0.717) is 4.75 Å². The smallest absolute Gasteiger partial charge is 0.191 e. The lowest BCUT2D eigenvalue weighted by atomic mass is 10.1.